The van der Waals surface area contributed by atoms with Crippen LogP contribution in [0.25, 0.3) is 0 Å². The maximum absolute atomic E-state index is 12.5. The van der Waals surface area contributed by atoms with E-state index in [4.69, 9.17) is 14.2 Å². The van der Waals surface area contributed by atoms with E-state index in [9.17, 15) is 9.59 Å². The molecule has 1 unspecified atom stereocenters. The van der Waals surface area contributed by atoms with Crippen LogP contribution >= 0.6 is 0 Å². The standard InChI is InChI=1S/C14H17N5O5/c1-5-24-12(20)9-7-15-19(2,8-9)14(21)18-13-16-10(22-3)6-11(17-13)23-4/h6-8H,5H2,1-4H3/p+1. The predicted octanol–water partition coefficient (Wildman–Crippen LogP) is 0.919. The van der Waals surface area contributed by atoms with Crippen molar-refractivity contribution in [1.82, 2.24) is 9.97 Å². The summed E-state index contributed by atoms with van der Waals surface area (Å²) in [6.45, 7) is 1.93. The van der Waals surface area contributed by atoms with Crippen molar-refractivity contribution in [3.05, 3.63) is 17.8 Å². The summed E-state index contributed by atoms with van der Waals surface area (Å²) in [4.78, 5) is 32.2. The van der Waals surface area contributed by atoms with Gasteiger partial charge >= 0.3 is 12.0 Å². The summed E-state index contributed by atoms with van der Waals surface area (Å²) >= 11 is 0. The molecule has 0 saturated heterocycles. The van der Waals surface area contributed by atoms with Gasteiger partial charge in [-0.2, -0.15) is 9.97 Å². The molecule has 2 rings (SSSR count). The highest BCUT2D eigenvalue weighted by Gasteiger charge is 2.37. The molecule has 1 aliphatic heterocycles. The van der Waals surface area contributed by atoms with Gasteiger partial charge in [-0.1, -0.05) is 9.69 Å². The van der Waals surface area contributed by atoms with Crippen LogP contribution in [0.3, 0.4) is 0 Å². The van der Waals surface area contributed by atoms with Crippen LogP contribution in [0.1, 0.15) is 6.92 Å². The minimum Gasteiger partial charge on any atom is -0.481 e. The summed E-state index contributed by atoms with van der Waals surface area (Å²) in [6, 6.07) is 0.902. The van der Waals surface area contributed by atoms with Crippen LogP contribution < -0.4 is 14.8 Å². The lowest BCUT2D eigenvalue weighted by molar-refractivity contribution is -0.777. The number of anilines is 1. The first kappa shape index (κ1) is 17.3. The number of nitrogens with one attached hydrogen (secondary N) is 1. The van der Waals surface area contributed by atoms with Crippen molar-refractivity contribution in [2.75, 3.05) is 33.2 Å². The Morgan fingerprint density at radius 1 is 1.21 bits per heavy atom. The number of nitrogens with zero attached hydrogens (tertiary/aromatic N) is 4. The maximum Gasteiger partial charge on any atom is 0.454 e. The Labute approximate surface area is 138 Å². The van der Waals surface area contributed by atoms with Crippen LogP contribution in [0.2, 0.25) is 0 Å². The van der Waals surface area contributed by atoms with Gasteiger partial charge in [-0.15, -0.1) is 0 Å². The predicted molar refractivity (Wildman–Crippen MR) is 83.5 cm³/mol. The molecular weight excluding hydrogens is 318 g/mol. The van der Waals surface area contributed by atoms with Crippen LogP contribution in [0, 0.1) is 0 Å². The molecule has 24 heavy (non-hydrogen) atoms. The minimum atomic E-state index is -0.569. The van der Waals surface area contributed by atoms with E-state index in [1.54, 1.807) is 6.92 Å². The van der Waals surface area contributed by atoms with Gasteiger partial charge in [-0.3, -0.25) is 0 Å². The molecule has 1 aromatic heterocycles. The third kappa shape index (κ3) is 3.66. The van der Waals surface area contributed by atoms with Gasteiger partial charge in [0.1, 0.15) is 25.0 Å². The molecule has 0 bridgehead atoms. The molecule has 2 heterocycles. The first-order valence-electron chi connectivity index (χ1n) is 7.02. The molecule has 10 nitrogen and oxygen atoms in total. The molecule has 0 spiro atoms. The summed E-state index contributed by atoms with van der Waals surface area (Å²) in [6.07, 6.45) is 2.65. The Hall–Kier alpha value is -3.01. The van der Waals surface area contributed by atoms with Crippen molar-refractivity contribution >= 4 is 24.2 Å². The third-order valence-corrected chi connectivity index (χ3v) is 3.07. The zero-order valence-electron chi connectivity index (χ0n) is 13.8. The molecule has 128 valence electrons. The van der Waals surface area contributed by atoms with Gasteiger partial charge in [-0.25, -0.2) is 14.9 Å². The van der Waals surface area contributed by atoms with Crippen LogP contribution in [0.15, 0.2) is 22.9 Å². The van der Waals surface area contributed by atoms with Crippen LogP contribution in [0.5, 0.6) is 11.8 Å². The first-order chi connectivity index (χ1) is 11.4. The Kier molecular flexibility index (Phi) is 5.09. The maximum atomic E-state index is 12.5. The van der Waals surface area contributed by atoms with E-state index in [0.29, 0.717) is 0 Å². The van der Waals surface area contributed by atoms with E-state index in [1.807, 2.05) is 0 Å². The molecule has 0 fully saturated rings. The average Bonchev–Trinajstić information content (AvgIpc) is 2.98. The smallest absolute Gasteiger partial charge is 0.454 e. The van der Waals surface area contributed by atoms with Gasteiger partial charge in [0.05, 0.1) is 26.9 Å². The molecule has 0 radical (unpaired) electrons. The lowest BCUT2D eigenvalue weighted by Gasteiger charge is -2.17. The van der Waals surface area contributed by atoms with E-state index in [0.717, 1.165) is 0 Å². The number of aromatic nitrogens is 2. The van der Waals surface area contributed by atoms with E-state index in [2.05, 4.69) is 20.4 Å². The van der Waals surface area contributed by atoms with E-state index in [-0.39, 0.29) is 29.9 Å². The second-order valence-electron chi connectivity index (χ2n) is 4.78. The summed E-state index contributed by atoms with van der Waals surface area (Å²) in [7, 11) is 4.36. The van der Waals surface area contributed by atoms with Crippen LogP contribution in [-0.2, 0) is 9.53 Å². The second kappa shape index (κ2) is 7.04. The normalized spacial score (nSPS) is 18.8. The molecule has 1 aromatic rings. The molecule has 2 amide bonds. The fourth-order valence-corrected chi connectivity index (χ4v) is 1.83. The molecule has 1 aliphatic rings. The number of amides is 2. The number of hydrogen-bond donors (Lipinski definition) is 1. The summed E-state index contributed by atoms with van der Waals surface area (Å²) in [5.74, 6) is -0.0982. The van der Waals surface area contributed by atoms with Crippen LogP contribution in [0.4, 0.5) is 10.7 Å². The highest BCUT2D eigenvalue weighted by atomic mass is 16.5. The van der Waals surface area contributed by atoms with Gasteiger partial charge in [0.15, 0.2) is 0 Å². The first-order valence-corrected chi connectivity index (χ1v) is 7.02. The number of carbonyl (C=O) groups is 2. The lowest BCUT2D eigenvalue weighted by atomic mass is 10.3. The van der Waals surface area contributed by atoms with E-state index < -0.39 is 16.6 Å². The zero-order valence-corrected chi connectivity index (χ0v) is 13.8. The highest BCUT2D eigenvalue weighted by Crippen LogP contribution is 2.21. The number of ether oxygens (including phenoxy) is 3. The molecular formula is C14H18N5O5+. The molecule has 0 aliphatic carbocycles. The minimum absolute atomic E-state index is 0.0104. The van der Waals surface area contributed by atoms with E-state index >= 15 is 0 Å². The molecule has 1 atom stereocenters. The molecule has 0 aromatic carbocycles. The van der Waals surface area contributed by atoms with Crippen LogP contribution in [-0.4, -0.2) is 60.6 Å². The Balaban J connectivity index is 2.18. The van der Waals surface area contributed by atoms with Crippen molar-refractivity contribution in [1.29, 1.82) is 0 Å². The Morgan fingerprint density at radius 3 is 2.38 bits per heavy atom. The van der Waals surface area contributed by atoms with Gasteiger partial charge < -0.3 is 14.2 Å². The number of rotatable bonds is 5. The fourth-order valence-electron chi connectivity index (χ4n) is 1.83. The number of methoxy groups -OCH3 is 2. The molecule has 1 N–H and O–H groups in total. The monoisotopic (exact) mass is 336 g/mol. The Morgan fingerprint density at radius 2 is 1.83 bits per heavy atom. The van der Waals surface area contributed by atoms with Gasteiger partial charge in [0.2, 0.25) is 17.7 Å². The average molecular weight is 336 g/mol. The van der Waals surface area contributed by atoms with Crippen molar-refractivity contribution in [3.8, 4) is 11.8 Å². The van der Waals surface area contributed by atoms with E-state index in [1.165, 1.54) is 39.7 Å². The number of urea groups is 1. The summed E-state index contributed by atoms with van der Waals surface area (Å²) < 4.78 is 14.4. The summed E-state index contributed by atoms with van der Waals surface area (Å²) in [5.41, 5.74) is 0.193. The largest absolute Gasteiger partial charge is 0.481 e. The topological polar surface area (TPSA) is 112 Å². The second-order valence-corrected chi connectivity index (χ2v) is 4.78. The number of quaternary nitrogens is 1. The van der Waals surface area contributed by atoms with Gasteiger partial charge in [0, 0.05) is 0 Å². The van der Waals surface area contributed by atoms with Crippen molar-refractivity contribution < 1.29 is 28.4 Å². The van der Waals surface area contributed by atoms with Gasteiger partial charge in [-0.05, 0) is 6.92 Å². The highest BCUT2D eigenvalue weighted by molar-refractivity contribution is 6.10. The lowest BCUT2D eigenvalue weighted by Crippen LogP contribution is -2.41. The van der Waals surface area contributed by atoms with Crippen molar-refractivity contribution in [2.45, 2.75) is 6.92 Å². The number of carbonyl (C=O) groups excluding carboxylic acids is 2. The zero-order chi connectivity index (χ0) is 17.7. The van der Waals surface area contributed by atoms with Crippen molar-refractivity contribution in [3.63, 3.8) is 0 Å². The third-order valence-electron chi connectivity index (χ3n) is 3.07. The number of hydrogen-bond acceptors (Lipinski definition) is 8. The Bertz CT molecular complexity index is 695. The molecule has 10 heteroatoms. The fraction of sp³-hybridized carbons (Fsp3) is 0.357. The van der Waals surface area contributed by atoms with Gasteiger partial charge in [0.25, 0.3) is 0 Å². The molecule has 0 saturated carbocycles. The SMILES string of the molecule is CCOC(=O)C1=C[N+](C)(C(=O)Nc2nc(OC)cc(OC)n2)N=C1. The quantitative estimate of drug-likeness (QED) is 0.628. The summed E-state index contributed by atoms with van der Waals surface area (Å²) in [5, 5.41) is 6.53. The van der Waals surface area contributed by atoms with Crippen molar-refractivity contribution in [2.24, 2.45) is 5.10 Å². The number of esters is 1.